The van der Waals surface area contributed by atoms with Crippen molar-refractivity contribution in [3.63, 3.8) is 0 Å². The summed E-state index contributed by atoms with van der Waals surface area (Å²) in [5.41, 5.74) is 2.07. The maximum Gasteiger partial charge on any atom is 0.269 e. The molecule has 0 unspecified atom stereocenters. The first-order valence-electron chi connectivity index (χ1n) is 5.68. The van der Waals surface area contributed by atoms with Crippen LogP contribution in [0.3, 0.4) is 0 Å². The van der Waals surface area contributed by atoms with Gasteiger partial charge in [-0.25, -0.2) is 4.68 Å². The zero-order chi connectivity index (χ0) is 13.3. The van der Waals surface area contributed by atoms with Gasteiger partial charge < -0.3 is 0 Å². The van der Waals surface area contributed by atoms with E-state index in [-0.39, 0.29) is 11.1 Å². The van der Waals surface area contributed by atoms with Crippen LogP contribution in [-0.4, -0.2) is 14.7 Å². The predicted octanol–water partition coefficient (Wildman–Crippen LogP) is 3.08. The Morgan fingerprint density at radius 3 is 2.28 bits per heavy atom. The van der Waals surface area contributed by atoms with Crippen molar-refractivity contribution in [2.75, 3.05) is 0 Å². The summed E-state index contributed by atoms with van der Waals surface area (Å²) < 4.78 is 1.73. The minimum atomic E-state index is -0.409. The molecule has 1 aromatic heterocycles. The number of nitrogens with zero attached hydrogens (tertiary/aromatic N) is 3. The van der Waals surface area contributed by atoms with Gasteiger partial charge in [0.2, 0.25) is 0 Å². The lowest BCUT2D eigenvalue weighted by atomic mass is 9.90. The lowest BCUT2D eigenvalue weighted by Crippen LogP contribution is -2.09. The molecule has 0 aliphatic rings. The Hall–Kier alpha value is -2.17. The van der Waals surface area contributed by atoms with Crippen LogP contribution in [0.25, 0.3) is 5.69 Å². The van der Waals surface area contributed by atoms with Crippen molar-refractivity contribution in [3.8, 4) is 5.69 Å². The number of benzene rings is 1. The molecular formula is C13H15N3O2. The van der Waals surface area contributed by atoms with Crippen LogP contribution in [0.15, 0.2) is 36.7 Å². The molecule has 0 saturated carbocycles. The van der Waals surface area contributed by atoms with Crippen LogP contribution >= 0.6 is 0 Å². The van der Waals surface area contributed by atoms with Crippen LogP contribution in [0.1, 0.15) is 26.3 Å². The van der Waals surface area contributed by atoms with E-state index in [4.69, 9.17) is 0 Å². The van der Waals surface area contributed by atoms with Crippen LogP contribution in [0, 0.1) is 10.1 Å². The lowest BCUT2D eigenvalue weighted by Gasteiger charge is -2.14. The van der Waals surface area contributed by atoms with Gasteiger partial charge in [-0.05, 0) is 23.1 Å². The molecular weight excluding hydrogens is 230 g/mol. The summed E-state index contributed by atoms with van der Waals surface area (Å²) >= 11 is 0. The highest BCUT2D eigenvalue weighted by Crippen LogP contribution is 2.23. The summed E-state index contributed by atoms with van der Waals surface area (Å²) in [6.45, 7) is 6.35. The van der Waals surface area contributed by atoms with Crippen molar-refractivity contribution >= 4 is 5.69 Å². The third-order valence-corrected chi connectivity index (χ3v) is 2.77. The smallest absolute Gasteiger partial charge is 0.258 e. The zero-order valence-corrected chi connectivity index (χ0v) is 10.6. The van der Waals surface area contributed by atoms with Crippen LogP contribution in [0.4, 0.5) is 5.69 Å². The number of rotatable bonds is 2. The van der Waals surface area contributed by atoms with Gasteiger partial charge in [-0.15, -0.1) is 0 Å². The van der Waals surface area contributed by atoms with E-state index < -0.39 is 4.92 Å². The molecule has 18 heavy (non-hydrogen) atoms. The van der Waals surface area contributed by atoms with Gasteiger partial charge in [0, 0.05) is 18.3 Å². The molecule has 0 aliphatic carbocycles. The van der Waals surface area contributed by atoms with Crippen molar-refractivity contribution in [2.45, 2.75) is 26.2 Å². The van der Waals surface area contributed by atoms with Crippen molar-refractivity contribution in [1.82, 2.24) is 9.78 Å². The molecule has 0 N–H and O–H groups in total. The molecule has 1 heterocycles. The zero-order valence-electron chi connectivity index (χ0n) is 10.6. The SMILES string of the molecule is CC(C)(C)c1cnn(-c2ccc([N+](=O)[O-])cc2)c1. The highest BCUT2D eigenvalue weighted by atomic mass is 16.6. The summed E-state index contributed by atoms with van der Waals surface area (Å²) in [7, 11) is 0. The Balaban J connectivity index is 2.32. The third kappa shape index (κ3) is 2.40. The fourth-order valence-electron chi connectivity index (χ4n) is 1.58. The van der Waals surface area contributed by atoms with E-state index in [9.17, 15) is 10.1 Å². The first-order valence-corrected chi connectivity index (χ1v) is 5.68. The number of nitro benzene ring substituents is 1. The fraction of sp³-hybridized carbons (Fsp3) is 0.308. The molecule has 0 amide bonds. The Bertz CT molecular complexity index is 565. The molecule has 0 aliphatic heterocycles. The molecule has 1 aromatic carbocycles. The second-order valence-corrected chi connectivity index (χ2v) is 5.20. The number of nitro groups is 1. The molecule has 5 heteroatoms. The van der Waals surface area contributed by atoms with Gasteiger partial charge in [-0.2, -0.15) is 5.10 Å². The topological polar surface area (TPSA) is 61.0 Å². The summed E-state index contributed by atoms with van der Waals surface area (Å²) in [4.78, 5) is 10.2. The van der Waals surface area contributed by atoms with Crippen LogP contribution in [0.5, 0.6) is 0 Å². The van der Waals surface area contributed by atoms with Gasteiger partial charge in [-0.1, -0.05) is 20.8 Å². The fourth-order valence-corrected chi connectivity index (χ4v) is 1.58. The van der Waals surface area contributed by atoms with Crippen LogP contribution in [-0.2, 0) is 5.41 Å². The number of non-ortho nitro benzene ring substituents is 1. The highest BCUT2D eigenvalue weighted by molar-refractivity contribution is 5.40. The minimum Gasteiger partial charge on any atom is -0.258 e. The average molecular weight is 245 g/mol. The average Bonchev–Trinajstić information content (AvgIpc) is 2.78. The van der Waals surface area contributed by atoms with E-state index in [1.807, 2.05) is 12.4 Å². The van der Waals surface area contributed by atoms with E-state index in [0.29, 0.717) is 0 Å². The van der Waals surface area contributed by atoms with E-state index in [2.05, 4.69) is 25.9 Å². The largest absolute Gasteiger partial charge is 0.269 e. The number of aromatic nitrogens is 2. The van der Waals surface area contributed by atoms with E-state index in [1.165, 1.54) is 12.1 Å². The van der Waals surface area contributed by atoms with Crippen molar-refractivity contribution in [3.05, 3.63) is 52.3 Å². The summed E-state index contributed by atoms with van der Waals surface area (Å²) in [6.07, 6.45) is 3.77. The first kappa shape index (κ1) is 12.3. The second kappa shape index (κ2) is 4.25. The molecule has 0 fully saturated rings. The molecule has 94 valence electrons. The standard InChI is InChI=1S/C13H15N3O2/c1-13(2,3)10-8-14-15(9-10)11-4-6-12(7-5-11)16(17)18/h4-9H,1-3H3. The molecule has 0 spiro atoms. The monoisotopic (exact) mass is 245 g/mol. The van der Waals surface area contributed by atoms with E-state index in [0.717, 1.165) is 11.3 Å². The molecule has 0 bridgehead atoms. The molecule has 0 atom stereocenters. The minimum absolute atomic E-state index is 0.0407. The normalized spacial score (nSPS) is 11.5. The summed E-state index contributed by atoms with van der Waals surface area (Å²) in [5, 5.41) is 14.8. The summed E-state index contributed by atoms with van der Waals surface area (Å²) in [5.74, 6) is 0. The van der Waals surface area contributed by atoms with Crippen LogP contribution < -0.4 is 0 Å². The molecule has 0 radical (unpaired) electrons. The van der Waals surface area contributed by atoms with Gasteiger partial charge in [0.25, 0.3) is 5.69 Å². The molecule has 5 nitrogen and oxygen atoms in total. The van der Waals surface area contributed by atoms with Gasteiger partial charge in [0.05, 0.1) is 16.8 Å². The van der Waals surface area contributed by atoms with Gasteiger partial charge in [-0.3, -0.25) is 10.1 Å². The quantitative estimate of drug-likeness (QED) is 0.603. The van der Waals surface area contributed by atoms with E-state index in [1.54, 1.807) is 16.8 Å². The molecule has 2 aromatic rings. The lowest BCUT2D eigenvalue weighted by molar-refractivity contribution is -0.384. The summed E-state index contributed by atoms with van der Waals surface area (Å²) in [6, 6.07) is 6.34. The van der Waals surface area contributed by atoms with Crippen molar-refractivity contribution in [2.24, 2.45) is 0 Å². The van der Waals surface area contributed by atoms with Crippen molar-refractivity contribution in [1.29, 1.82) is 0 Å². The first-order chi connectivity index (χ1) is 8.38. The Morgan fingerprint density at radius 1 is 1.22 bits per heavy atom. The Kier molecular flexibility index (Phi) is 2.90. The molecule has 0 saturated heterocycles. The maximum absolute atomic E-state index is 10.6. The highest BCUT2D eigenvalue weighted by Gasteiger charge is 2.16. The van der Waals surface area contributed by atoms with Crippen LogP contribution in [0.2, 0.25) is 0 Å². The van der Waals surface area contributed by atoms with E-state index >= 15 is 0 Å². The second-order valence-electron chi connectivity index (χ2n) is 5.20. The number of hydrogen-bond acceptors (Lipinski definition) is 3. The maximum atomic E-state index is 10.6. The number of hydrogen-bond donors (Lipinski definition) is 0. The third-order valence-electron chi connectivity index (χ3n) is 2.77. The van der Waals surface area contributed by atoms with Gasteiger partial charge in [0.1, 0.15) is 0 Å². The van der Waals surface area contributed by atoms with Gasteiger partial charge >= 0.3 is 0 Å². The van der Waals surface area contributed by atoms with Gasteiger partial charge in [0.15, 0.2) is 0 Å². The Labute approximate surface area is 105 Å². The predicted molar refractivity (Wildman–Crippen MR) is 68.9 cm³/mol. The molecule has 2 rings (SSSR count). The Morgan fingerprint density at radius 2 is 1.83 bits per heavy atom. The van der Waals surface area contributed by atoms with Crippen molar-refractivity contribution < 1.29 is 4.92 Å².